The molecule has 2 nitrogen and oxygen atoms in total. The van der Waals surface area contributed by atoms with Gasteiger partial charge in [0.1, 0.15) is 0 Å². The third-order valence-corrected chi connectivity index (χ3v) is 4.09. The first-order valence-corrected chi connectivity index (χ1v) is 7.97. The summed E-state index contributed by atoms with van der Waals surface area (Å²) in [6, 6.07) is 17.5. The number of benzene rings is 2. The van der Waals surface area contributed by atoms with Crippen LogP contribution in [0.4, 0.5) is 0 Å². The molecule has 22 heavy (non-hydrogen) atoms. The van der Waals surface area contributed by atoms with Gasteiger partial charge in [0.2, 0.25) is 5.91 Å². The van der Waals surface area contributed by atoms with E-state index in [0.29, 0.717) is 5.02 Å². The Morgan fingerprint density at radius 2 is 1.50 bits per heavy atom. The molecule has 2 atom stereocenters. The van der Waals surface area contributed by atoms with Gasteiger partial charge in [-0.2, -0.15) is 0 Å². The summed E-state index contributed by atoms with van der Waals surface area (Å²) in [6.07, 6.45) is 0. The van der Waals surface area contributed by atoms with E-state index in [4.69, 9.17) is 11.6 Å². The third kappa shape index (κ3) is 4.11. The Kier molecular flexibility index (Phi) is 5.62. The maximum atomic E-state index is 12.7. The highest BCUT2D eigenvalue weighted by Gasteiger charge is 2.25. The van der Waals surface area contributed by atoms with Crippen LogP contribution in [0.25, 0.3) is 0 Å². The van der Waals surface area contributed by atoms with E-state index < -0.39 is 0 Å². The molecule has 0 aliphatic rings. The average molecular weight is 316 g/mol. The largest absolute Gasteiger partial charge is 0.349 e. The third-order valence-electron chi connectivity index (χ3n) is 3.84. The maximum Gasteiger partial charge on any atom is 0.228 e. The van der Waals surface area contributed by atoms with Crippen LogP contribution in [-0.2, 0) is 4.79 Å². The molecular formula is C19H22ClNO. The van der Waals surface area contributed by atoms with Gasteiger partial charge in [-0.15, -0.1) is 0 Å². The predicted molar refractivity (Wildman–Crippen MR) is 92.0 cm³/mol. The molecule has 0 aliphatic carbocycles. The minimum Gasteiger partial charge on any atom is -0.349 e. The van der Waals surface area contributed by atoms with Gasteiger partial charge in [0.25, 0.3) is 0 Å². The van der Waals surface area contributed by atoms with Gasteiger partial charge in [0.15, 0.2) is 0 Å². The SMILES string of the molecule is CC(C)[C@@H](C(=O)N[C@H](C)c1ccccc1)c1ccc(Cl)cc1. The summed E-state index contributed by atoms with van der Waals surface area (Å²) in [7, 11) is 0. The Labute approximate surface area is 137 Å². The minimum atomic E-state index is -0.177. The summed E-state index contributed by atoms with van der Waals surface area (Å²) in [6.45, 7) is 6.13. The molecule has 0 radical (unpaired) electrons. The Hall–Kier alpha value is -1.80. The summed E-state index contributed by atoms with van der Waals surface area (Å²) in [5, 5.41) is 3.80. The van der Waals surface area contributed by atoms with Crippen LogP contribution in [-0.4, -0.2) is 5.91 Å². The molecule has 2 aromatic carbocycles. The molecule has 0 fully saturated rings. The zero-order valence-electron chi connectivity index (χ0n) is 13.2. The highest BCUT2D eigenvalue weighted by molar-refractivity contribution is 6.30. The quantitative estimate of drug-likeness (QED) is 0.830. The van der Waals surface area contributed by atoms with Crippen LogP contribution in [0.15, 0.2) is 54.6 Å². The van der Waals surface area contributed by atoms with Crippen LogP contribution in [0.1, 0.15) is 43.9 Å². The molecule has 2 rings (SSSR count). The van der Waals surface area contributed by atoms with E-state index in [9.17, 15) is 4.79 Å². The standard InChI is InChI=1S/C19H22ClNO/c1-13(2)18(16-9-11-17(20)12-10-16)19(22)21-14(3)15-7-5-4-6-8-15/h4-14,18H,1-3H3,(H,21,22)/t14-,18-/m1/s1. The fourth-order valence-corrected chi connectivity index (χ4v) is 2.76. The molecule has 0 heterocycles. The van der Waals surface area contributed by atoms with Gasteiger partial charge in [0, 0.05) is 5.02 Å². The van der Waals surface area contributed by atoms with Crippen molar-refractivity contribution in [1.29, 1.82) is 0 Å². The van der Waals surface area contributed by atoms with Crippen LogP contribution < -0.4 is 5.32 Å². The van der Waals surface area contributed by atoms with E-state index in [1.165, 1.54) is 0 Å². The van der Waals surface area contributed by atoms with Crippen molar-refractivity contribution < 1.29 is 4.79 Å². The van der Waals surface area contributed by atoms with Crippen molar-refractivity contribution in [1.82, 2.24) is 5.32 Å². The second kappa shape index (κ2) is 7.46. The first-order chi connectivity index (χ1) is 10.5. The van der Waals surface area contributed by atoms with E-state index in [1.807, 2.05) is 61.5 Å². The molecule has 0 spiro atoms. The second-order valence-corrected chi connectivity index (χ2v) is 6.35. The average Bonchev–Trinajstić information content (AvgIpc) is 2.50. The molecule has 0 aliphatic heterocycles. The summed E-state index contributed by atoms with van der Waals surface area (Å²) in [5.74, 6) is 0.0845. The number of rotatable bonds is 5. The van der Waals surface area contributed by atoms with Gasteiger partial charge in [-0.05, 0) is 36.1 Å². The summed E-state index contributed by atoms with van der Waals surface area (Å²) in [5.41, 5.74) is 2.10. The van der Waals surface area contributed by atoms with Crippen molar-refractivity contribution in [3.63, 3.8) is 0 Å². The number of carbonyl (C=O) groups excluding carboxylic acids is 1. The number of halogens is 1. The fourth-order valence-electron chi connectivity index (χ4n) is 2.64. The molecular weight excluding hydrogens is 294 g/mol. The molecule has 0 saturated heterocycles. The lowest BCUT2D eigenvalue weighted by atomic mass is 9.87. The van der Waals surface area contributed by atoms with Gasteiger partial charge in [0.05, 0.1) is 12.0 Å². The van der Waals surface area contributed by atoms with E-state index in [-0.39, 0.29) is 23.8 Å². The molecule has 0 unspecified atom stereocenters. The lowest BCUT2D eigenvalue weighted by Gasteiger charge is -2.23. The molecule has 116 valence electrons. The van der Waals surface area contributed by atoms with Crippen molar-refractivity contribution in [2.75, 3.05) is 0 Å². The van der Waals surface area contributed by atoms with Crippen LogP contribution in [0, 0.1) is 5.92 Å². The zero-order chi connectivity index (χ0) is 16.1. The Bertz CT molecular complexity index is 607. The van der Waals surface area contributed by atoms with Gasteiger partial charge < -0.3 is 5.32 Å². The first kappa shape index (κ1) is 16.6. The van der Waals surface area contributed by atoms with Crippen molar-refractivity contribution in [2.45, 2.75) is 32.7 Å². The summed E-state index contributed by atoms with van der Waals surface area (Å²) >= 11 is 5.94. The van der Waals surface area contributed by atoms with Gasteiger partial charge in [-0.3, -0.25) is 4.79 Å². The van der Waals surface area contributed by atoms with E-state index >= 15 is 0 Å². The molecule has 0 bridgehead atoms. The van der Waals surface area contributed by atoms with Crippen molar-refractivity contribution in [3.8, 4) is 0 Å². The smallest absolute Gasteiger partial charge is 0.228 e. The number of nitrogens with one attached hydrogen (secondary N) is 1. The predicted octanol–water partition coefficient (Wildman–Crippen LogP) is 4.96. The summed E-state index contributed by atoms with van der Waals surface area (Å²) in [4.78, 5) is 12.7. The Morgan fingerprint density at radius 1 is 0.909 bits per heavy atom. The van der Waals surface area contributed by atoms with Crippen LogP contribution in [0.5, 0.6) is 0 Å². The van der Waals surface area contributed by atoms with Gasteiger partial charge in [-0.25, -0.2) is 0 Å². The molecule has 2 aromatic rings. The number of amides is 1. The molecule has 0 saturated carbocycles. The van der Waals surface area contributed by atoms with Crippen molar-refractivity contribution >= 4 is 17.5 Å². The topological polar surface area (TPSA) is 29.1 Å². The van der Waals surface area contributed by atoms with E-state index in [2.05, 4.69) is 19.2 Å². The lowest BCUT2D eigenvalue weighted by molar-refractivity contribution is -0.124. The highest BCUT2D eigenvalue weighted by Crippen LogP contribution is 2.27. The Morgan fingerprint density at radius 3 is 2.05 bits per heavy atom. The van der Waals surface area contributed by atoms with E-state index in [1.54, 1.807) is 0 Å². The zero-order valence-corrected chi connectivity index (χ0v) is 14.0. The van der Waals surface area contributed by atoms with Crippen LogP contribution in [0.3, 0.4) is 0 Å². The summed E-state index contributed by atoms with van der Waals surface area (Å²) < 4.78 is 0. The molecule has 0 aromatic heterocycles. The minimum absolute atomic E-state index is 0.0118. The molecule has 1 amide bonds. The maximum absolute atomic E-state index is 12.7. The monoisotopic (exact) mass is 315 g/mol. The number of hydrogen-bond donors (Lipinski definition) is 1. The van der Waals surface area contributed by atoms with Crippen LogP contribution in [0.2, 0.25) is 5.02 Å². The van der Waals surface area contributed by atoms with Crippen LogP contribution >= 0.6 is 11.6 Å². The molecule has 1 N–H and O–H groups in total. The van der Waals surface area contributed by atoms with Gasteiger partial charge in [-0.1, -0.05) is 67.9 Å². The second-order valence-electron chi connectivity index (χ2n) is 5.91. The number of hydrogen-bond acceptors (Lipinski definition) is 1. The fraction of sp³-hybridized carbons (Fsp3) is 0.316. The Balaban J connectivity index is 2.15. The first-order valence-electron chi connectivity index (χ1n) is 7.60. The van der Waals surface area contributed by atoms with E-state index in [0.717, 1.165) is 11.1 Å². The highest BCUT2D eigenvalue weighted by atomic mass is 35.5. The van der Waals surface area contributed by atoms with Crippen molar-refractivity contribution in [3.05, 3.63) is 70.7 Å². The lowest BCUT2D eigenvalue weighted by Crippen LogP contribution is -2.33. The van der Waals surface area contributed by atoms with Crippen molar-refractivity contribution in [2.24, 2.45) is 5.92 Å². The normalized spacial score (nSPS) is 13.7. The van der Waals surface area contributed by atoms with Gasteiger partial charge >= 0.3 is 0 Å². The molecule has 3 heteroatoms. The number of carbonyl (C=O) groups is 1.